The van der Waals surface area contributed by atoms with Crippen LogP contribution < -0.4 is 4.74 Å². The summed E-state index contributed by atoms with van der Waals surface area (Å²) >= 11 is 6.12. The number of nitrogens with zero attached hydrogens (tertiary/aromatic N) is 2. The number of pyridine rings is 1. The van der Waals surface area contributed by atoms with E-state index in [1.54, 1.807) is 17.9 Å². The van der Waals surface area contributed by atoms with Crippen molar-refractivity contribution >= 4 is 39.4 Å². The van der Waals surface area contributed by atoms with Gasteiger partial charge in [-0.3, -0.25) is 9.78 Å². The highest BCUT2D eigenvalue weighted by Crippen LogP contribution is 2.42. The molecule has 0 spiro atoms. The molecule has 27 heavy (non-hydrogen) atoms. The van der Waals surface area contributed by atoms with Crippen LogP contribution in [0.5, 0.6) is 5.75 Å². The molecule has 0 saturated carbocycles. The minimum atomic E-state index is -0.893. The van der Waals surface area contributed by atoms with Gasteiger partial charge < -0.3 is 14.4 Å². The lowest BCUT2D eigenvalue weighted by atomic mass is 9.98. The fourth-order valence-electron chi connectivity index (χ4n) is 3.67. The van der Waals surface area contributed by atoms with Gasteiger partial charge in [-0.15, -0.1) is 0 Å². The maximum Gasteiger partial charge on any atom is 0.323 e. The van der Waals surface area contributed by atoms with Gasteiger partial charge in [-0.2, -0.15) is 0 Å². The van der Waals surface area contributed by atoms with Gasteiger partial charge in [-0.1, -0.05) is 23.7 Å². The molecule has 5 nitrogen and oxygen atoms in total. The van der Waals surface area contributed by atoms with Crippen LogP contribution in [-0.2, 0) is 11.3 Å². The highest BCUT2D eigenvalue weighted by molar-refractivity contribution is 6.31. The highest BCUT2D eigenvalue weighted by atomic mass is 35.5. The molecule has 0 aliphatic carbocycles. The third-order valence-corrected chi connectivity index (χ3v) is 5.03. The zero-order valence-corrected chi connectivity index (χ0v) is 15.6. The van der Waals surface area contributed by atoms with E-state index in [2.05, 4.69) is 4.98 Å². The quantitative estimate of drug-likeness (QED) is 0.546. The first-order chi connectivity index (χ1) is 13.0. The molecule has 2 aromatic heterocycles. The monoisotopic (exact) mass is 380 g/mol. The first kappa shape index (κ1) is 17.4. The molecule has 6 heteroatoms. The van der Waals surface area contributed by atoms with Crippen LogP contribution in [-0.4, -0.2) is 27.7 Å². The average molecular weight is 381 g/mol. The summed E-state index contributed by atoms with van der Waals surface area (Å²) in [5.41, 5.74) is 4.38. The number of benzene rings is 2. The number of hydrogen-bond donors (Lipinski definition) is 1. The first-order valence-corrected chi connectivity index (χ1v) is 8.81. The van der Waals surface area contributed by atoms with E-state index in [4.69, 9.17) is 16.3 Å². The van der Waals surface area contributed by atoms with Gasteiger partial charge >= 0.3 is 5.97 Å². The van der Waals surface area contributed by atoms with Crippen molar-refractivity contribution in [3.63, 3.8) is 0 Å². The smallest absolute Gasteiger partial charge is 0.323 e. The molecule has 0 aliphatic heterocycles. The van der Waals surface area contributed by atoms with E-state index in [0.29, 0.717) is 10.8 Å². The van der Waals surface area contributed by atoms with Crippen LogP contribution in [0.4, 0.5) is 0 Å². The first-order valence-electron chi connectivity index (χ1n) is 8.43. The van der Waals surface area contributed by atoms with Gasteiger partial charge in [0.1, 0.15) is 12.3 Å². The summed E-state index contributed by atoms with van der Waals surface area (Å²) in [6.45, 7) is 1.81. The Morgan fingerprint density at radius 1 is 1.26 bits per heavy atom. The maximum atomic E-state index is 11.4. The average Bonchev–Trinajstić information content (AvgIpc) is 2.92. The van der Waals surface area contributed by atoms with Crippen LogP contribution in [0.1, 0.15) is 5.69 Å². The third kappa shape index (κ3) is 2.80. The van der Waals surface area contributed by atoms with Gasteiger partial charge in [-0.05, 0) is 42.8 Å². The van der Waals surface area contributed by atoms with Gasteiger partial charge in [0.15, 0.2) is 0 Å². The molecule has 0 atom stereocenters. The number of hydrogen-bond acceptors (Lipinski definition) is 3. The molecule has 0 fully saturated rings. The molecular weight excluding hydrogens is 364 g/mol. The molecule has 0 radical (unpaired) electrons. The number of carbonyl (C=O) groups is 1. The number of aromatic nitrogens is 2. The van der Waals surface area contributed by atoms with Crippen molar-refractivity contribution < 1.29 is 14.6 Å². The van der Waals surface area contributed by atoms with Crippen LogP contribution in [0.25, 0.3) is 32.9 Å². The Labute approximate surface area is 160 Å². The van der Waals surface area contributed by atoms with Crippen LogP contribution in [0.3, 0.4) is 0 Å². The number of fused-ring (bicyclic) bond motifs is 2. The van der Waals surface area contributed by atoms with Crippen LogP contribution in [0, 0.1) is 6.92 Å². The third-order valence-electron chi connectivity index (χ3n) is 4.80. The lowest BCUT2D eigenvalue weighted by molar-refractivity contribution is -0.137. The normalized spacial score (nSPS) is 11.2. The Kier molecular flexibility index (Phi) is 4.24. The fourth-order valence-corrected chi connectivity index (χ4v) is 3.84. The van der Waals surface area contributed by atoms with Gasteiger partial charge in [-0.25, -0.2) is 0 Å². The number of carboxylic acid groups (broad SMARTS) is 1. The molecule has 1 N–H and O–H groups in total. The van der Waals surface area contributed by atoms with Crippen LogP contribution in [0.15, 0.2) is 48.7 Å². The fraction of sp³-hybridized carbons (Fsp3) is 0.143. The van der Waals surface area contributed by atoms with Gasteiger partial charge in [0, 0.05) is 33.2 Å². The number of rotatable bonds is 4. The van der Waals surface area contributed by atoms with Crippen molar-refractivity contribution in [2.24, 2.45) is 0 Å². The summed E-state index contributed by atoms with van der Waals surface area (Å²) in [4.78, 5) is 15.9. The van der Waals surface area contributed by atoms with Crippen molar-refractivity contribution in [2.45, 2.75) is 13.5 Å². The Bertz CT molecular complexity index is 1200. The van der Waals surface area contributed by atoms with Crippen molar-refractivity contribution in [2.75, 3.05) is 7.11 Å². The largest absolute Gasteiger partial charge is 0.496 e. The zero-order chi connectivity index (χ0) is 19.1. The second-order valence-corrected chi connectivity index (χ2v) is 6.75. The number of ether oxygens (including phenoxy) is 1. The molecule has 0 saturated heterocycles. The SMILES string of the molecule is COc1cccc2c1c(-c1ccnc3cc(Cl)ccc13)c(C)n2CC(=O)O. The number of aliphatic carboxylic acids is 1. The van der Waals surface area contributed by atoms with Crippen LogP contribution >= 0.6 is 11.6 Å². The molecule has 0 amide bonds. The Morgan fingerprint density at radius 2 is 2.07 bits per heavy atom. The van der Waals surface area contributed by atoms with Crippen molar-refractivity contribution in [3.8, 4) is 16.9 Å². The van der Waals surface area contributed by atoms with Crippen molar-refractivity contribution in [3.05, 3.63) is 59.4 Å². The lowest BCUT2D eigenvalue weighted by Gasteiger charge is -2.09. The molecule has 4 rings (SSSR count). The molecule has 2 heterocycles. The molecule has 0 aliphatic rings. The van der Waals surface area contributed by atoms with Gasteiger partial charge in [0.05, 0.1) is 18.1 Å². The van der Waals surface area contributed by atoms with E-state index in [0.717, 1.165) is 38.6 Å². The zero-order valence-electron chi connectivity index (χ0n) is 14.9. The maximum absolute atomic E-state index is 11.4. The Balaban J connectivity index is 2.14. The van der Waals surface area contributed by atoms with E-state index in [9.17, 15) is 9.90 Å². The Hall–Kier alpha value is -3.05. The van der Waals surface area contributed by atoms with E-state index in [-0.39, 0.29) is 6.54 Å². The Morgan fingerprint density at radius 3 is 2.81 bits per heavy atom. The topological polar surface area (TPSA) is 64.4 Å². The number of methoxy groups -OCH3 is 1. The summed E-state index contributed by atoms with van der Waals surface area (Å²) in [5.74, 6) is -0.190. The summed E-state index contributed by atoms with van der Waals surface area (Å²) < 4.78 is 7.40. The predicted octanol–water partition coefficient (Wildman–Crippen LogP) is 4.91. The van der Waals surface area contributed by atoms with Gasteiger partial charge in [0.25, 0.3) is 0 Å². The minimum Gasteiger partial charge on any atom is -0.496 e. The van der Waals surface area contributed by atoms with E-state index >= 15 is 0 Å². The van der Waals surface area contributed by atoms with E-state index in [1.165, 1.54) is 0 Å². The molecular formula is C21H17ClN2O3. The summed E-state index contributed by atoms with van der Waals surface area (Å²) in [6, 6.07) is 13.2. The predicted molar refractivity (Wildman–Crippen MR) is 107 cm³/mol. The molecule has 136 valence electrons. The minimum absolute atomic E-state index is 0.121. The molecule has 4 aromatic rings. The standard InChI is InChI=1S/C21H17ClN2O3/c1-12-20(15-8-9-23-16-10-13(22)6-7-14(15)16)21-17(24(12)11-19(25)26)4-3-5-18(21)27-2/h3-10H,11H2,1-2H3,(H,25,26). The second-order valence-electron chi connectivity index (χ2n) is 6.31. The van der Waals surface area contributed by atoms with E-state index < -0.39 is 5.97 Å². The highest BCUT2D eigenvalue weighted by Gasteiger charge is 2.21. The molecule has 0 bridgehead atoms. The summed E-state index contributed by atoms with van der Waals surface area (Å²) in [6.07, 6.45) is 1.74. The van der Waals surface area contributed by atoms with Crippen molar-refractivity contribution in [1.82, 2.24) is 9.55 Å². The number of halogens is 1. The van der Waals surface area contributed by atoms with Crippen LogP contribution in [0.2, 0.25) is 5.02 Å². The van der Waals surface area contributed by atoms with Gasteiger partial charge in [0.2, 0.25) is 0 Å². The van der Waals surface area contributed by atoms with E-state index in [1.807, 2.05) is 49.4 Å². The molecule has 0 unspecified atom stereocenters. The molecule has 2 aromatic carbocycles. The lowest BCUT2D eigenvalue weighted by Crippen LogP contribution is -2.09. The van der Waals surface area contributed by atoms with Crippen molar-refractivity contribution in [1.29, 1.82) is 0 Å². The summed E-state index contributed by atoms with van der Waals surface area (Å²) in [7, 11) is 1.62. The summed E-state index contributed by atoms with van der Waals surface area (Å²) in [5, 5.41) is 11.8. The second kappa shape index (κ2) is 6.59. The number of carboxylic acids is 1.